The maximum absolute atomic E-state index is 14.3. The van der Waals surface area contributed by atoms with Gasteiger partial charge in [0.2, 0.25) is 0 Å². The van der Waals surface area contributed by atoms with Gasteiger partial charge in [-0.05, 0) is 25.3 Å². The quantitative estimate of drug-likeness (QED) is 0.902. The standard InChI is InChI=1S/C17H22FNO4/c1-22-14-5-2-4-12(16(14)18)9-19-10-13(8-15(20)21)23-17(11-19)6-3-7-17/h2,4-5,13H,3,6-11H2,1H3,(H,20,21). The smallest absolute Gasteiger partial charge is 0.306 e. The number of methoxy groups -OCH3 is 1. The van der Waals surface area contributed by atoms with Crippen LogP contribution in [0.15, 0.2) is 18.2 Å². The summed E-state index contributed by atoms with van der Waals surface area (Å²) in [5.74, 6) is -0.978. The van der Waals surface area contributed by atoms with E-state index in [0.29, 0.717) is 18.7 Å². The number of hydrogen-bond donors (Lipinski definition) is 1. The summed E-state index contributed by atoms with van der Waals surface area (Å²) >= 11 is 0. The summed E-state index contributed by atoms with van der Waals surface area (Å²) in [6.45, 7) is 1.66. The van der Waals surface area contributed by atoms with Gasteiger partial charge in [0, 0.05) is 25.2 Å². The molecule has 126 valence electrons. The molecule has 0 aromatic heterocycles. The Balaban J connectivity index is 1.74. The SMILES string of the molecule is COc1cccc(CN2CC(CC(=O)O)OC3(CCC3)C2)c1F. The van der Waals surface area contributed by atoms with Crippen molar-refractivity contribution in [2.24, 2.45) is 0 Å². The van der Waals surface area contributed by atoms with Crippen LogP contribution >= 0.6 is 0 Å². The summed E-state index contributed by atoms with van der Waals surface area (Å²) in [5, 5.41) is 9.04. The first kappa shape index (κ1) is 16.2. The number of hydrogen-bond acceptors (Lipinski definition) is 4. The van der Waals surface area contributed by atoms with Gasteiger partial charge in [0.25, 0.3) is 0 Å². The van der Waals surface area contributed by atoms with E-state index in [2.05, 4.69) is 4.90 Å². The van der Waals surface area contributed by atoms with E-state index >= 15 is 0 Å². The summed E-state index contributed by atoms with van der Waals surface area (Å²) in [7, 11) is 1.45. The Kier molecular flexibility index (Phi) is 4.55. The number of carboxylic acids is 1. The van der Waals surface area contributed by atoms with E-state index in [1.807, 2.05) is 0 Å². The maximum Gasteiger partial charge on any atom is 0.306 e. The van der Waals surface area contributed by atoms with E-state index in [1.54, 1.807) is 18.2 Å². The molecule has 1 spiro atoms. The molecule has 1 aliphatic heterocycles. The van der Waals surface area contributed by atoms with E-state index < -0.39 is 5.97 Å². The molecule has 0 amide bonds. The second kappa shape index (κ2) is 6.45. The molecule has 1 aliphatic carbocycles. The highest BCUT2D eigenvalue weighted by atomic mass is 19.1. The Hall–Kier alpha value is -1.66. The van der Waals surface area contributed by atoms with E-state index in [-0.39, 0.29) is 29.7 Å². The third kappa shape index (κ3) is 3.48. The number of benzene rings is 1. The molecule has 23 heavy (non-hydrogen) atoms. The van der Waals surface area contributed by atoms with Crippen LogP contribution in [0, 0.1) is 5.82 Å². The highest BCUT2D eigenvalue weighted by Gasteiger charge is 2.45. The maximum atomic E-state index is 14.3. The van der Waals surface area contributed by atoms with E-state index in [0.717, 1.165) is 25.8 Å². The molecule has 1 atom stereocenters. The van der Waals surface area contributed by atoms with Crippen LogP contribution in [0.25, 0.3) is 0 Å². The number of ether oxygens (including phenoxy) is 2. The van der Waals surface area contributed by atoms with Crippen LogP contribution in [-0.2, 0) is 16.1 Å². The van der Waals surface area contributed by atoms with Crippen LogP contribution in [0.5, 0.6) is 5.75 Å². The van der Waals surface area contributed by atoms with E-state index in [9.17, 15) is 9.18 Å². The molecule has 1 heterocycles. The number of aliphatic carboxylic acids is 1. The lowest BCUT2D eigenvalue weighted by atomic mass is 9.78. The molecule has 1 N–H and O–H groups in total. The summed E-state index contributed by atoms with van der Waals surface area (Å²) in [6, 6.07) is 5.11. The van der Waals surface area contributed by atoms with Gasteiger partial charge >= 0.3 is 5.97 Å². The fraction of sp³-hybridized carbons (Fsp3) is 0.588. The minimum atomic E-state index is -0.862. The third-order valence-electron chi connectivity index (χ3n) is 4.71. The van der Waals surface area contributed by atoms with Crippen LogP contribution in [0.2, 0.25) is 0 Å². The lowest BCUT2D eigenvalue weighted by Gasteiger charge is -2.51. The van der Waals surface area contributed by atoms with Crippen molar-refractivity contribution in [3.63, 3.8) is 0 Å². The zero-order chi connectivity index (χ0) is 16.4. The second-order valence-corrected chi connectivity index (χ2v) is 6.48. The minimum absolute atomic E-state index is 0.0150. The van der Waals surface area contributed by atoms with Gasteiger partial charge in [0.15, 0.2) is 11.6 Å². The van der Waals surface area contributed by atoms with E-state index in [4.69, 9.17) is 14.6 Å². The Labute approximate surface area is 135 Å². The molecular weight excluding hydrogens is 301 g/mol. The van der Waals surface area contributed by atoms with Crippen LogP contribution in [-0.4, -0.2) is 47.9 Å². The van der Waals surface area contributed by atoms with Crippen molar-refractivity contribution in [1.29, 1.82) is 0 Å². The van der Waals surface area contributed by atoms with Crippen molar-refractivity contribution in [2.75, 3.05) is 20.2 Å². The molecule has 0 radical (unpaired) electrons. The number of morpholine rings is 1. The number of rotatable bonds is 5. The average Bonchev–Trinajstić information content (AvgIpc) is 2.47. The van der Waals surface area contributed by atoms with E-state index in [1.165, 1.54) is 7.11 Å². The molecule has 0 bridgehead atoms. The van der Waals surface area contributed by atoms with Gasteiger partial charge in [0.1, 0.15) is 0 Å². The Morgan fingerprint density at radius 2 is 2.30 bits per heavy atom. The molecule has 3 rings (SSSR count). The first-order valence-corrected chi connectivity index (χ1v) is 7.95. The predicted octanol–water partition coefficient (Wildman–Crippen LogP) is 2.43. The summed E-state index contributed by atoms with van der Waals surface area (Å²) in [6.07, 6.45) is 2.63. The highest BCUT2D eigenvalue weighted by molar-refractivity contribution is 5.67. The van der Waals surface area contributed by atoms with Gasteiger partial charge in [-0.1, -0.05) is 12.1 Å². The zero-order valence-electron chi connectivity index (χ0n) is 13.3. The second-order valence-electron chi connectivity index (χ2n) is 6.48. The van der Waals surface area contributed by atoms with Crippen LogP contribution in [0.3, 0.4) is 0 Å². The monoisotopic (exact) mass is 323 g/mol. The molecule has 1 saturated heterocycles. The fourth-order valence-corrected chi connectivity index (χ4v) is 3.53. The largest absolute Gasteiger partial charge is 0.494 e. The van der Waals surface area contributed by atoms with Gasteiger partial charge in [-0.2, -0.15) is 0 Å². The zero-order valence-corrected chi connectivity index (χ0v) is 13.3. The average molecular weight is 323 g/mol. The van der Waals surface area contributed by atoms with Crippen LogP contribution in [0.1, 0.15) is 31.2 Å². The Bertz CT molecular complexity index is 588. The van der Waals surface area contributed by atoms with Crippen molar-refractivity contribution < 1.29 is 23.8 Å². The number of carbonyl (C=O) groups is 1. The van der Waals surface area contributed by atoms with Crippen molar-refractivity contribution >= 4 is 5.97 Å². The normalized spacial score (nSPS) is 23.5. The molecule has 6 heteroatoms. The number of halogens is 1. The van der Waals surface area contributed by atoms with Crippen LogP contribution in [0.4, 0.5) is 4.39 Å². The molecular formula is C17H22FNO4. The molecule has 1 saturated carbocycles. The van der Waals surface area contributed by atoms with Gasteiger partial charge in [0.05, 0.1) is 25.2 Å². The highest BCUT2D eigenvalue weighted by Crippen LogP contribution is 2.40. The molecule has 2 fully saturated rings. The van der Waals surface area contributed by atoms with Gasteiger partial charge in [-0.15, -0.1) is 0 Å². The van der Waals surface area contributed by atoms with Crippen molar-refractivity contribution in [1.82, 2.24) is 4.90 Å². The first-order chi connectivity index (χ1) is 11.0. The molecule has 2 aliphatic rings. The lowest BCUT2D eigenvalue weighted by molar-refractivity contribution is -0.196. The van der Waals surface area contributed by atoms with Crippen molar-refractivity contribution in [2.45, 2.75) is 43.9 Å². The van der Waals surface area contributed by atoms with Crippen molar-refractivity contribution in [3.8, 4) is 5.75 Å². The fourth-order valence-electron chi connectivity index (χ4n) is 3.53. The summed E-state index contributed by atoms with van der Waals surface area (Å²) in [5.41, 5.74) is 0.322. The summed E-state index contributed by atoms with van der Waals surface area (Å²) in [4.78, 5) is 13.1. The minimum Gasteiger partial charge on any atom is -0.494 e. The summed E-state index contributed by atoms with van der Waals surface area (Å²) < 4.78 is 25.4. The first-order valence-electron chi connectivity index (χ1n) is 7.95. The topological polar surface area (TPSA) is 59.0 Å². The van der Waals surface area contributed by atoms with Crippen molar-refractivity contribution in [3.05, 3.63) is 29.6 Å². The molecule has 1 aromatic rings. The molecule has 1 unspecified atom stereocenters. The lowest BCUT2D eigenvalue weighted by Crippen LogP contribution is -2.58. The molecule has 5 nitrogen and oxygen atoms in total. The van der Waals surface area contributed by atoms with Gasteiger partial charge in [-0.3, -0.25) is 9.69 Å². The third-order valence-corrected chi connectivity index (χ3v) is 4.71. The number of carboxylic acid groups (broad SMARTS) is 1. The number of nitrogens with zero attached hydrogens (tertiary/aromatic N) is 1. The molecule has 1 aromatic carbocycles. The Morgan fingerprint density at radius 3 is 2.91 bits per heavy atom. The van der Waals surface area contributed by atoms with Gasteiger partial charge in [-0.25, -0.2) is 4.39 Å². The predicted molar refractivity (Wildman–Crippen MR) is 81.9 cm³/mol. The Morgan fingerprint density at radius 1 is 1.52 bits per heavy atom. The van der Waals surface area contributed by atoms with Crippen LogP contribution < -0.4 is 4.74 Å². The van der Waals surface area contributed by atoms with Gasteiger partial charge < -0.3 is 14.6 Å².